The van der Waals surface area contributed by atoms with Crippen molar-refractivity contribution < 1.29 is 14.3 Å². The lowest BCUT2D eigenvalue weighted by Crippen LogP contribution is -2.37. The van der Waals surface area contributed by atoms with Crippen molar-refractivity contribution in [2.75, 3.05) is 6.54 Å². The highest BCUT2D eigenvalue weighted by molar-refractivity contribution is 5.82. The van der Waals surface area contributed by atoms with Crippen molar-refractivity contribution in [3.63, 3.8) is 0 Å². The summed E-state index contributed by atoms with van der Waals surface area (Å²) in [6.45, 7) is 0.395. The Hall–Kier alpha value is -3.54. The zero-order valence-electron chi connectivity index (χ0n) is 14.8. The van der Waals surface area contributed by atoms with Gasteiger partial charge in [0.25, 0.3) is 0 Å². The highest BCUT2D eigenvalue weighted by Crippen LogP contribution is 2.14. The number of carbonyl (C=O) groups excluding carboxylic acids is 2. The average molecular weight is 363 g/mol. The number of alkyl carbamates (subject to hydrolysis) is 1. The number of amides is 2. The van der Waals surface area contributed by atoms with Crippen molar-refractivity contribution in [2.45, 2.75) is 13.2 Å². The van der Waals surface area contributed by atoms with Crippen LogP contribution in [0.3, 0.4) is 0 Å². The molecule has 3 rings (SSSR count). The molecule has 3 aromatic rings. The Kier molecular flexibility index (Phi) is 6.25. The predicted octanol–water partition coefficient (Wildman–Crippen LogP) is 3.02. The molecule has 138 valence electrons. The van der Waals surface area contributed by atoms with Crippen LogP contribution in [0.2, 0.25) is 0 Å². The first kappa shape index (κ1) is 18.3. The maximum atomic E-state index is 12.0. The fourth-order valence-electron chi connectivity index (χ4n) is 2.59. The number of benzene rings is 2. The molecular formula is C21H21N3O3. The Morgan fingerprint density at radius 2 is 1.56 bits per heavy atom. The van der Waals surface area contributed by atoms with Gasteiger partial charge in [0.2, 0.25) is 5.91 Å². The molecule has 0 radical (unpaired) electrons. The number of hydrogen-bond acceptors (Lipinski definition) is 3. The molecule has 6 heteroatoms. The summed E-state index contributed by atoms with van der Waals surface area (Å²) in [6.07, 6.45) is 3.28. The van der Waals surface area contributed by atoms with Crippen molar-refractivity contribution in [2.24, 2.45) is 0 Å². The summed E-state index contributed by atoms with van der Waals surface area (Å²) in [6, 6.07) is 21.1. The van der Waals surface area contributed by atoms with E-state index in [0.717, 1.165) is 16.8 Å². The number of aromatic nitrogens is 1. The van der Waals surface area contributed by atoms with Gasteiger partial charge in [-0.25, -0.2) is 4.79 Å². The standard InChI is InChI=1S/C21H21N3O3/c25-20(15-23-21(26)27-16-17-8-2-1-3-9-17)22-14-18-10-4-5-11-19(18)24-12-6-7-13-24/h1-13H,14-16H2,(H,22,25)(H,23,26). The first-order valence-electron chi connectivity index (χ1n) is 8.65. The molecule has 0 bridgehead atoms. The summed E-state index contributed by atoms with van der Waals surface area (Å²) in [5, 5.41) is 5.26. The van der Waals surface area contributed by atoms with Crippen LogP contribution in [0.5, 0.6) is 0 Å². The number of ether oxygens (including phenoxy) is 1. The van der Waals surface area contributed by atoms with E-state index in [1.807, 2.05) is 83.7 Å². The molecule has 0 spiro atoms. The Balaban J connectivity index is 1.43. The minimum absolute atomic E-state index is 0.140. The van der Waals surface area contributed by atoms with E-state index >= 15 is 0 Å². The molecule has 2 amide bonds. The van der Waals surface area contributed by atoms with E-state index in [4.69, 9.17) is 4.74 Å². The first-order chi connectivity index (χ1) is 13.2. The summed E-state index contributed by atoms with van der Waals surface area (Å²) in [7, 11) is 0. The van der Waals surface area contributed by atoms with Gasteiger partial charge in [0.1, 0.15) is 13.2 Å². The first-order valence-corrected chi connectivity index (χ1v) is 8.65. The predicted molar refractivity (Wildman–Crippen MR) is 102 cm³/mol. The second-order valence-electron chi connectivity index (χ2n) is 5.91. The zero-order valence-corrected chi connectivity index (χ0v) is 14.8. The van der Waals surface area contributed by atoms with E-state index in [0.29, 0.717) is 6.54 Å². The van der Waals surface area contributed by atoms with E-state index in [1.165, 1.54) is 0 Å². The van der Waals surface area contributed by atoms with Crippen LogP contribution < -0.4 is 10.6 Å². The lowest BCUT2D eigenvalue weighted by atomic mass is 10.1. The Bertz CT molecular complexity index is 877. The van der Waals surface area contributed by atoms with Crippen LogP contribution in [0.15, 0.2) is 79.1 Å². The molecule has 0 saturated carbocycles. The Morgan fingerprint density at radius 1 is 0.852 bits per heavy atom. The van der Waals surface area contributed by atoms with Crippen molar-refractivity contribution in [3.8, 4) is 5.69 Å². The second-order valence-corrected chi connectivity index (χ2v) is 5.91. The van der Waals surface area contributed by atoms with E-state index in [-0.39, 0.29) is 19.1 Å². The molecule has 0 aliphatic carbocycles. The number of rotatable bonds is 7. The molecule has 27 heavy (non-hydrogen) atoms. The van der Waals surface area contributed by atoms with Crippen LogP contribution in [-0.2, 0) is 22.7 Å². The van der Waals surface area contributed by atoms with Crippen LogP contribution in [0.4, 0.5) is 4.79 Å². The average Bonchev–Trinajstić information content (AvgIpc) is 3.25. The normalized spacial score (nSPS) is 10.2. The minimum Gasteiger partial charge on any atom is -0.445 e. The molecule has 0 aliphatic heterocycles. The zero-order chi connectivity index (χ0) is 18.9. The molecule has 1 aromatic heterocycles. The third-order valence-electron chi connectivity index (χ3n) is 3.96. The Morgan fingerprint density at radius 3 is 2.33 bits per heavy atom. The third kappa shape index (κ3) is 5.47. The van der Waals surface area contributed by atoms with Crippen molar-refractivity contribution in [1.29, 1.82) is 0 Å². The van der Waals surface area contributed by atoms with Crippen molar-refractivity contribution >= 4 is 12.0 Å². The smallest absolute Gasteiger partial charge is 0.407 e. The van der Waals surface area contributed by atoms with Gasteiger partial charge in [0.15, 0.2) is 0 Å². The molecule has 2 aromatic carbocycles. The molecule has 0 saturated heterocycles. The molecule has 0 unspecified atom stereocenters. The molecule has 1 heterocycles. The summed E-state index contributed by atoms with van der Waals surface area (Å²) < 4.78 is 7.06. The van der Waals surface area contributed by atoms with Gasteiger partial charge < -0.3 is 19.9 Å². The molecule has 0 fully saturated rings. The summed E-state index contributed by atoms with van der Waals surface area (Å²) >= 11 is 0. The SMILES string of the molecule is O=C(CNC(=O)OCc1ccccc1)NCc1ccccc1-n1cccc1. The van der Waals surface area contributed by atoms with Crippen LogP contribution in [0.1, 0.15) is 11.1 Å². The van der Waals surface area contributed by atoms with Crippen molar-refractivity contribution in [3.05, 3.63) is 90.3 Å². The fourth-order valence-corrected chi connectivity index (χ4v) is 2.59. The second kappa shape index (κ2) is 9.24. The van der Waals surface area contributed by atoms with Crippen molar-refractivity contribution in [1.82, 2.24) is 15.2 Å². The van der Waals surface area contributed by atoms with Gasteiger partial charge in [-0.3, -0.25) is 4.79 Å². The summed E-state index contributed by atoms with van der Waals surface area (Å²) in [5.74, 6) is -0.283. The van der Waals surface area contributed by atoms with Crippen LogP contribution >= 0.6 is 0 Å². The lowest BCUT2D eigenvalue weighted by molar-refractivity contribution is -0.120. The summed E-state index contributed by atoms with van der Waals surface area (Å²) in [5.41, 5.74) is 2.87. The van der Waals surface area contributed by atoms with E-state index in [9.17, 15) is 9.59 Å². The topological polar surface area (TPSA) is 72.4 Å². The number of carbonyl (C=O) groups is 2. The Labute approximate surface area is 157 Å². The van der Waals surface area contributed by atoms with Gasteiger partial charge in [-0.2, -0.15) is 0 Å². The van der Waals surface area contributed by atoms with Crippen LogP contribution in [-0.4, -0.2) is 23.1 Å². The lowest BCUT2D eigenvalue weighted by Gasteiger charge is -2.12. The number of nitrogens with zero attached hydrogens (tertiary/aromatic N) is 1. The molecule has 2 N–H and O–H groups in total. The van der Waals surface area contributed by atoms with Gasteiger partial charge in [-0.15, -0.1) is 0 Å². The number of para-hydroxylation sites is 1. The fraction of sp³-hybridized carbons (Fsp3) is 0.143. The van der Waals surface area contributed by atoms with E-state index in [2.05, 4.69) is 10.6 Å². The maximum absolute atomic E-state index is 12.0. The molecule has 6 nitrogen and oxygen atoms in total. The minimum atomic E-state index is -0.623. The maximum Gasteiger partial charge on any atom is 0.407 e. The van der Waals surface area contributed by atoms with Gasteiger partial charge in [-0.1, -0.05) is 48.5 Å². The van der Waals surface area contributed by atoms with Crippen LogP contribution in [0.25, 0.3) is 5.69 Å². The van der Waals surface area contributed by atoms with E-state index < -0.39 is 6.09 Å². The van der Waals surface area contributed by atoms with E-state index in [1.54, 1.807) is 0 Å². The largest absolute Gasteiger partial charge is 0.445 e. The molecule has 0 atom stereocenters. The number of nitrogens with one attached hydrogen (secondary N) is 2. The quantitative estimate of drug-likeness (QED) is 0.678. The monoisotopic (exact) mass is 363 g/mol. The summed E-state index contributed by atoms with van der Waals surface area (Å²) in [4.78, 5) is 23.7. The highest BCUT2D eigenvalue weighted by Gasteiger charge is 2.08. The molecular weight excluding hydrogens is 342 g/mol. The van der Waals surface area contributed by atoms with Crippen LogP contribution in [0, 0.1) is 0 Å². The van der Waals surface area contributed by atoms with Gasteiger partial charge in [0.05, 0.1) is 0 Å². The van der Waals surface area contributed by atoms with Gasteiger partial charge >= 0.3 is 6.09 Å². The number of hydrogen-bond donors (Lipinski definition) is 2. The highest BCUT2D eigenvalue weighted by atomic mass is 16.5. The van der Waals surface area contributed by atoms with Gasteiger partial charge in [-0.05, 0) is 29.3 Å². The van der Waals surface area contributed by atoms with Gasteiger partial charge in [0, 0.05) is 24.6 Å². The molecule has 0 aliphatic rings. The third-order valence-corrected chi connectivity index (χ3v) is 3.96.